The molecule has 1 aromatic carbocycles. The average molecular weight is 275 g/mol. The van der Waals surface area contributed by atoms with Crippen LogP contribution in [0.25, 0.3) is 0 Å². The van der Waals surface area contributed by atoms with Gasteiger partial charge in [-0.2, -0.15) is 0 Å². The summed E-state index contributed by atoms with van der Waals surface area (Å²) >= 11 is 0. The highest BCUT2D eigenvalue weighted by Crippen LogP contribution is 2.30. The summed E-state index contributed by atoms with van der Waals surface area (Å²) in [6.45, 7) is 9.00. The van der Waals surface area contributed by atoms with Gasteiger partial charge in [-0.3, -0.25) is 4.90 Å². The van der Waals surface area contributed by atoms with Gasteiger partial charge in [0.1, 0.15) is 0 Å². The van der Waals surface area contributed by atoms with Crippen LogP contribution in [0.1, 0.15) is 43.7 Å². The molecule has 0 bridgehead atoms. The molecule has 0 N–H and O–H groups in total. The first-order valence-electron chi connectivity index (χ1n) is 7.76. The Labute approximate surface area is 121 Å². The van der Waals surface area contributed by atoms with E-state index in [0.29, 0.717) is 5.92 Å². The third-order valence-electron chi connectivity index (χ3n) is 4.36. The van der Waals surface area contributed by atoms with Gasteiger partial charge >= 0.3 is 0 Å². The van der Waals surface area contributed by atoms with Crippen molar-refractivity contribution < 1.29 is 9.47 Å². The van der Waals surface area contributed by atoms with Gasteiger partial charge < -0.3 is 9.47 Å². The van der Waals surface area contributed by atoms with E-state index >= 15 is 0 Å². The van der Waals surface area contributed by atoms with Gasteiger partial charge in [-0.15, -0.1) is 0 Å². The van der Waals surface area contributed by atoms with E-state index in [2.05, 4.69) is 43.0 Å². The Balaban J connectivity index is 1.62. The largest absolute Gasteiger partial charge is 0.346 e. The number of nitrogens with zero attached hydrogens (tertiary/aromatic N) is 1. The number of hydrogen-bond donors (Lipinski definition) is 0. The SMILES string of the molecule is CC(C)c1ccc(CN2CCCC3(C2)OCCO3)cc1. The van der Waals surface area contributed by atoms with E-state index in [4.69, 9.17) is 9.47 Å². The van der Waals surface area contributed by atoms with Crippen LogP contribution in [0.5, 0.6) is 0 Å². The third kappa shape index (κ3) is 3.05. The molecule has 2 heterocycles. The second kappa shape index (κ2) is 5.84. The van der Waals surface area contributed by atoms with Crippen LogP contribution in [-0.4, -0.2) is 37.0 Å². The van der Waals surface area contributed by atoms with E-state index < -0.39 is 0 Å². The molecule has 0 aromatic heterocycles. The number of piperidine rings is 1. The molecule has 0 radical (unpaired) electrons. The Morgan fingerprint density at radius 3 is 2.50 bits per heavy atom. The lowest BCUT2D eigenvalue weighted by Gasteiger charge is -2.38. The molecule has 2 aliphatic heterocycles. The molecule has 2 aliphatic rings. The van der Waals surface area contributed by atoms with Crippen molar-refractivity contribution in [2.75, 3.05) is 26.3 Å². The number of hydrogen-bond acceptors (Lipinski definition) is 3. The van der Waals surface area contributed by atoms with Crippen molar-refractivity contribution in [1.29, 1.82) is 0 Å². The molecule has 1 aromatic rings. The molecule has 3 nitrogen and oxygen atoms in total. The van der Waals surface area contributed by atoms with E-state index in [1.165, 1.54) is 11.1 Å². The summed E-state index contributed by atoms with van der Waals surface area (Å²) in [5.41, 5.74) is 2.79. The Hall–Kier alpha value is -0.900. The topological polar surface area (TPSA) is 21.7 Å². The Morgan fingerprint density at radius 1 is 1.15 bits per heavy atom. The summed E-state index contributed by atoms with van der Waals surface area (Å²) in [6.07, 6.45) is 2.19. The molecule has 3 heteroatoms. The zero-order valence-electron chi connectivity index (χ0n) is 12.6. The van der Waals surface area contributed by atoms with Crippen molar-refractivity contribution in [3.63, 3.8) is 0 Å². The molecule has 20 heavy (non-hydrogen) atoms. The molecule has 1 spiro atoms. The monoisotopic (exact) mass is 275 g/mol. The van der Waals surface area contributed by atoms with Gasteiger partial charge in [0.15, 0.2) is 5.79 Å². The third-order valence-corrected chi connectivity index (χ3v) is 4.36. The fourth-order valence-corrected chi connectivity index (χ4v) is 3.20. The molecule has 0 unspecified atom stereocenters. The molecule has 2 fully saturated rings. The Kier molecular flexibility index (Phi) is 4.11. The lowest BCUT2D eigenvalue weighted by Crippen LogP contribution is -2.48. The van der Waals surface area contributed by atoms with Crippen molar-refractivity contribution in [2.45, 2.75) is 44.9 Å². The lowest BCUT2D eigenvalue weighted by molar-refractivity contribution is -0.190. The molecule has 0 amide bonds. The van der Waals surface area contributed by atoms with Gasteiger partial charge in [-0.1, -0.05) is 38.1 Å². The van der Waals surface area contributed by atoms with Crippen LogP contribution in [0.4, 0.5) is 0 Å². The second-order valence-electron chi connectivity index (χ2n) is 6.32. The zero-order valence-corrected chi connectivity index (χ0v) is 12.6. The van der Waals surface area contributed by atoms with Crippen molar-refractivity contribution >= 4 is 0 Å². The predicted molar refractivity (Wildman–Crippen MR) is 79.7 cm³/mol. The summed E-state index contributed by atoms with van der Waals surface area (Å²) in [6, 6.07) is 9.02. The lowest BCUT2D eigenvalue weighted by atomic mass is 10.0. The zero-order chi connectivity index (χ0) is 14.0. The van der Waals surface area contributed by atoms with Crippen LogP contribution < -0.4 is 0 Å². The van der Waals surface area contributed by atoms with Gasteiger partial charge in [0.05, 0.1) is 19.8 Å². The van der Waals surface area contributed by atoms with Crippen molar-refractivity contribution in [3.8, 4) is 0 Å². The van der Waals surface area contributed by atoms with E-state index in [9.17, 15) is 0 Å². The first-order chi connectivity index (χ1) is 9.67. The van der Waals surface area contributed by atoms with E-state index in [0.717, 1.165) is 45.7 Å². The summed E-state index contributed by atoms with van der Waals surface area (Å²) in [4.78, 5) is 2.46. The minimum absolute atomic E-state index is 0.309. The molecular weight excluding hydrogens is 250 g/mol. The molecular formula is C17H25NO2. The van der Waals surface area contributed by atoms with Gasteiger partial charge in [-0.05, 0) is 30.0 Å². The number of ether oxygens (including phenoxy) is 2. The molecule has 0 saturated carbocycles. The maximum Gasteiger partial charge on any atom is 0.181 e. The summed E-state index contributed by atoms with van der Waals surface area (Å²) in [7, 11) is 0. The highest BCUT2D eigenvalue weighted by Gasteiger charge is 2.40. The summed E-state index contributed by atoms with van der Waals surface area (Å²) in [5, 5.41) is 0. The molecule has 110 valence electrons. The number of rotatable bonds is 3. The van der Waals surface area contributed by atoms with Gasteiger partial charge in [0.25, 0.3) is 0 Å². The average Bonchev–Trinajstić information content (AvgIpc) is 2.87. The normalized spacial score (nSPS) is 22.8. The highest BCUT2D eigenvalue weighted by molar-refractivity contribution is 5.24. The van der Waals surface area contributed by atoms with E-state index in [1.54, 1.807) is 0 Å². The maximum atomic E-state index is 5.84. The molecule has 0 atom stereocenters. The van der Waals surface area contributed by atoms with Crippen molar-refractivity contribution in [1.82, 2.24) is 4.90 Å². The standard InChI is InChI=1S/C17H25NO2/c1-14(2)16-6-4-15(5-7-16)12-18-9-3-8-17(13-18)19-10-11-20-17/h4-7,14H,3,8-13H2,1-2H3. The van der Waals surface area contributed by atoms with Gasteiger partial charge in [0.2, 0.25) is 0 Å². The fraction of sp³-hybridized carbons (Fsp3) is 0.647. The van der Waals surface area contributed by atoms with E-state index in [1.807, 2.05) is 0 Å². The highest BCUT2D eigenvalue weighted by atomic mass is 16.7. The predicted octanol–water partition coefficient (Wildman–Crippen LogP) is 3.15. The van der Waals surface area contributed by atoms with Crippen molar-refractivity contribution in [2.24, 2.45) is 0 Å². The molecule has 2 saturated heterocycles. The van der Waals surface area contributed by atoms with Crippen LogP contribution in [0, 0.1) is 0 Å². The van der Waals surface area contributed by atoms with Gasteiger partial charge in [0, 0.05) is 13.0 Å². The van der Waals surface area contributed by atoms with Crippen LogP contribution in [0.3, 0.4) is 0 Å². The minimum atomic E-state index is -0.309. The summed E-state index contributed by atoms with van der Waals surface area (Å²) in [5.74, 6) is 0.290. The quantitative estimate of drug-likeness (QED) is 0.846. The molecule has 3 rings (SSSR count). The van der Waals surface area contributed by atoms with E-state index in [-0.39, 0.29) is 5.79 Å². The Morgan fingerprint density at radius 2 is 1.85 bits per heavy atom. The minimum Gasteiger partial charge on any atom is -0.346 e. The first kappa shape index (κ1) is 14.1. The number of likely N-dealkylation sites (tertiary alicyclic amines) is 1. The smallest absolute Gasteiger partial charge is 0.181 e. The summed E-state index contributed by atoms with van der Waals surface area (Å²) < 4.78 is 11.7. The first-order valence-corrected chi connectivity index (χ1v) is 7.76. The van der Waals surface area contributed by atoms with Gasteiger partial charge in [-0.25, -0.2) is 0 Å². The van der Waals surface area contributed by atoms with Crippen LogP contribution in [0.15, 0.2) is 24.3 Å². The van der Waals surface area contributed by atoms with Crippen LogP contribution in [0.2, 0.25) is 0 Å². The fourth-order valence-electron chi connectivity index (χ4n) is 3.20. The number of benzene rings is 1. The van der Waals surface area contributed by atoms with Crippen LogP contribution >= 0.6 is 0 Å². The molecule has 0 aliphatic carbocycles. The van der Waals surface area contributed by atoms with Crippen molar-refractivity contribution in [3.05, 3.63) is 35.4 Å². The maximum absolute atomic E-state index is 5.84. The Bertz CT molecular complexity index is 435. The van der Waals surface area contributed by atoms with Crippen LogP contribution in [-0.2, 0) is 16.0 Å². The second-order valence-corrected chi connectivity index (χ2v) is 6.32.